The summed E-state index contributed by atoms with van der Waals surface area (Å²) < 4.78 is 2.15. The molecule has 0 fully saturated rings. The summed E-state index contributed by atoms with van der Waals surface area (Å²) in [6.07, 6.45) is 0. The quantitative estimate of drug-likeness (QED) is 0.167. The van der Waals surface area contributed by atoms with E-state index in [1.54, 1.807) is 0 Å². The number of pyridine rings is 1. The fourth-order valence-electron chi connectivity index (χ4n) is 11.3. The lowest BCUT2D eigenvalue weighted by molar-refractivity contribution is 0.794. The average Bonchev–Trinajstić information content (AvgIpc) is 4.07. The van der Waals surface area contributed by atoms with Crippen LogP contribution in [-0.2, 0) is 5.41 Å². The van der Waals surface area contributed by atoms with Gasteiger partial charge >= 0.3 is 0 Å². The fourth-order valence-corrected chi connectivity index (χ4v) is 11.3. The Morgan fingerprint density at radius 2 is 0.838 bits per heavy atom. The van der Waals surface area contributed by atoms with E-state index in [9.17, 15) is 0 Å². The molecule has 0 unspecified atom stereocenters. The van der Waals surface area contributed by atoms with E-state index in [-0.39, 0.29) is 0 Å². The number of aromatic nitrogens is 4. The van der Waals surface area contributed by atoms with E-state index in [2.05, 4.69) is 241 Å². The van der Waals surface area contributed by atoms with Gasteiger partial charge in [0.1, 0.15) is 5.69 Å². The molecule has 9 aromatic carbocycles. The van der Waals surface area contributed by atoms with E-state index in [4.69, 9.17) is 15.1 Å². The second-order valence-corrected chi connectivity index (χ2v) is 17.9. The Hall–Kier alpha value is -8.99. The molecule has 0 saturated heterocycles. The van der Waals surface area contributed by atoms with Crippen LogP contribution >= 0.6 is 0 Å². The molecule has 3 aromatic heterocycles. The monoisotopic (exact) mass is 864 g/mol. The van der Waals surface area contributed by atoms with Gasteiger partial charge in [0, 0.05) is 38.8 Å². The summed E-state index contributed by atoms with van der Waals surface area (Å²) in [5.41, 5.74) is 21.9. The lowest BCUT2D eigenvalue weighted by Crippen LogP contribution is -2.25. The third-order valence-corrected chi connectivity index (χ3v) is 14.2. The predicted octanol–water partition coefficient (Wildman–Crippen LogP) is 15.6. The topological polar surface area (TPSA) is 43.1 Å². The molecule has 0 aliphatic heterocycles. The van der Waals surface area contributed by atoms with Crippen LogP contribution in [0, 0.1) is 0 Å². The van der Waals surface area contributed by atoms with E-state index >= 15 is 0 Å². The molecule has 1 spiro atoms. The van der Waals surface area contributed by atoms with Gasteiger partial charge in [-0.25, -0.2) is 14.5 Å². The second kappa shape index (κ2) is 15.0. The Labute approximate surface area is 394 Å². The summed E-state index contributed by atoms with van der Waals surface area (Å²) in [6.45, 7) is 0. The molecule has 3 heterocycles. The standard InChI is InChI=1S/C64H40N4/c1-4-19-41(20-5-1)59-39-44-25-10-11-28-48(44)62-60(61(67-68(59)62)42-21-6-2-7-22-42)47-27-18-26-45(37-47)57-40-58(66-63(65-57)43-23-8-3-9-24-43)46-35-36-52-51-31-14-17-34-55(51)64(56(52)38-46)53-32-15-12-29-49(53)50-30-13-16-33-54(50)64/h1-40H. The van der Waals surface area contributed by atoms with Crippen LogP contribution in [0.2, 0.25) is 0 Å². The van der Waals surface area contributed by atoms with Crippen molar-refractivity contribution in [2.45, 2.75) is 5.41 Å². The molecule has 0 atom stereocenters. The fraction of sp³-hybridized carbons (Fsp3) is 0.0156. The minimum Gasteiger partial charge on any atom is -0.231 e. The second-order valence-electron chi connectivity index (χ2n) is 17.9. The molecule has 316 valence electrons. The maximum Gasteiger partial charge on any atom is 0.160 e. The Bertz CT molecular complexity index is 3900. The van der Waals surface area contributed by atoms with Crippen LogP contribution in [0.1, 0.15) is 22.3 Å². The van der Waals surface area contributed by atoms with Crippen LogP contribution in [0.5, 0.6) is 0 Å². The van der Waals surface area contributed by atoms with E-state index in [0.29, 0.717) is 5.82 Å². The minimum atomic E-state index is -0.461. The summed E-state index contributed by atoms with van der Waals surface area (Å²) in [6, 6.07) is 87.3. The number of hydrogen-bond donors (Lipinski definition) is 0. The van der Waals surface area contributed by atoms with Crippen LogP contribution < -0.4 is 0 Å². The van der Waals surface area contributed by atoms with Crippen molar-refractivity contribution >= 4 is 16.3 Å². The minimum absolute atomic E-state index is 0.461. The van der Waals surface area contributed by atoms with Crippen LogP contribution in [-0.4, -0.2) is 19.6 Å². The molecule has 0 bridgehead atoms. The average molecular weight is 865 g/mol. The molecular formula is C64H40N4. The molecule has 68 heavy (non-hydrogen) atoms. The smallest absolute Gasteiger partial charge is 0.160 e. The van der Waals surface area contributed by atoms with Gasteiger partial charge in [0.25, 0.3) is 0 Å². The van der Waals surface area contributed by atoms with Gasteiger partial charge in [-0.3, -0.25) is 0 Å². The van der Waals surface area contributed by atoms with E-state index in [1.807, 2.05) is 6.07 Å². The highest BCUT2D eigenvalue weighted by Gasteiger charge is 2.51. The zero-order valence-corrected chi connectivity index (χ0v) is 36.9. The summed E-state index contributed by atoms with van der Waals surface area (Å²) in [7, 11) is 0. The Balaban J connectivity index is 0.989. The molecule has 0 amide bonds. The first-order valence-electron chi connectivity index (χ1n) is 23.3. The van der Waals surface area contributed by atoms with Crippen molar-refractivity contribution in [1.29, 1.82) is 0 Å². The zero-order valence-electron chi connectivity index (χ0n) is 36.9. The maximum atomic E-state index is 5.49. The number of fused-ring (bicyclic) bond motifs is 13. The molecule has 2 aliphatic rings. The summed E-state index contributed by atoms with van der Waals surface area (Å²) >= 11 is 0. The van der Waals surface area contributed by atoms with Crippen LogP contribution in [0.25, 0.3) is 106 Å². The van der Waals surface area contributed by atoms with Crippen molar-refractivity contribution in [3.05, 3.63) is 265 Å². The van der Waals surface area contributed by atoms with Crippen molar-refractivity contribution in [1.82, 2.24) is 19.6 Å². The number of hydrogen-bond acceptors (Lipinski definition) is 3. The zero-order chi connectivity index (χ0) is 44.8. The van der Waals surface area contributed by atoms with Gasteiger partial charge in [0.2, 0.25) is 0 Å². The van der Waals surface area contributed by atoms with E-state index in [0.717, 1.165) is 78.0 Å². The highest BCUT2D eigenvalue weighted by Crippen LogP contribution is 2.63. The highest BCUT2D eigenvalue weighted by molar-refractivity contribution is 6.09. The van der Waals surface area contributed by atoms with Gasteiger partial charge in [-0.2, -0.15) is 5.10 Å². The molecule has 0 radical (unpaired) electrons. The molecule has 0 N–H and O–H groups in total. The molecule has 0 saturated carbocycles. The molecule has 4 heteroatoms. The summed E-state index contributed by atoms with van der Waals surface area (Å²) in [4.78, 5) is 10.8. The van der Waals surface area contributed by atoms with Crippen molar-refractivity contribution in [2.24, 2.45) is 0 Å². The number of nitrogens with zero attached hydrogens (tertiary/aromatic N) is 4. The highest BCUT2D eigenvalue weighted by atomic mass is 15.2. The molecule has 12 aromatic rings. The largest absolute Gasteiger partial charge is 0.231 e. The normalized spacial score (nSPS) is 12.8. The molecule has 14 rings (SSSR count). The van der Waals surface area contributed by atoms with Crippen molar-refractivity contribution in [2.75, 3.05) is 0 Å². The molecular weight excluding hydrogens is 825 g/mol. The van der Waals surface area contributed by atoms with Crippen LogP contribution in [0.3, 0.4) is 0 Å². The SMILES string of the molecule is c1ccc(-c2nc(-c3cccc(-c4c(-c5ccccc5)nn5c(-c6ccccc6)cc6ccccc6c45)c3)cc(-c3ccc4c(c3)C3(c5ccccc5-c5ccccc53)c3ccccc3-4)n2)cc1. The maximum absolute atomic E-state index is 5.49. The third kappa shape index (κ3) is 5.64. The van der Waals surface area contributed by atoms with Crippen LogP contribution in [0.4, 0.5) is 0 Å². The van der Waals surface area contributed by atoms with Gasteiger partial charge in [0.05, 0.1) is 28.0 Å². The number of rotatable bonds is 6. The van der Waals surface area contributed by atoms with Gasteiger partial charge in [0.15, 0.2) is 5.82 Å². The first kappa shape index (κ1) is 38.3. The van der Waals surface area contributed by atoms with Crippen molar-refractivity contribution < 1.29 is 0 Å². The Morgan fingerprint density at radius 3 is 1.49 bits per heavy atom. The van der Waals surface area contributed by atoms with Gasteiger partial charge in [-0.1, -0.05) is 218 Å². The van der Waals surface area contributed by atoms with Gasteiger partial charge in [-0.05, 0) is 79.7 Å². The Morgan fingerprint density at radius 1 is 0.338 bits per heavy atom. The summed E-state index contributed by atoms with van der Waals surface area (Å²) in [5.74, 6) is 0.679. The lowest BCUT2D eigenvalue weighted by Gasteiger charge is -2.30. The number of benzene rings is 9. The van der Waals surface area contributed by atoms with E-state index < -0.39 is 5.41 Å². The van der Waals surface area contributed by atoms with Gasteiger partial charge < -0.3 is 0 Å². The van der Waals surface area contributed by atoms with E-state index in [1.165, 1.54) is 44.5 Å². The van der Waals surface area contributed by atoms with Crippen LogP contribution in [0.15, 0.2) is 243 Å². The van der Waals surface area contributed by atoms with Gasteiger partial charge in [-0.15, -0.1) is 0 Å². The predicted molar refractivity (Wildman–Crippen MR) is 277 cm³/mol. The third-order valence-electron chi connectivity index (χ3n) is 14.2. The van der Waals surface area contributed by atoms with Crippen molar-refractivity contribution in [3.63, 3.8) is 0 Å². The molecule has 2 aliphatic carbocycles. The van der Waals surface area contributed by atoms with Crippen molar-refractivity contribution in [3.8, 4) is 89.8 Å². The first-order chi connectivity index (χ1) is 33.7. The lowest BCUT2D eigenvalue weighted by atomic mass is 9.70. The first-order valence-corrected chi connectivity index (χ1v) is 23.3. The Kier molecular flexibility index (Phi) is 8.46. The molecule has 4 nitrogen and oxygen atoms in total. The summed E-state index contributed by atoms with van der Waals surface area (Å²) in [5, 5.41) is 7.79.